The molecule has 0 aliphatic heterocycles. The fourth-order valence-corrected chi connectivity index (χ4v) is 3.57. The normalized spacial score (nSPS) is 10.4. The number of nitrogens with one attached hydrogen (secondary N) is 1. The van der Waals surface area contributed by atoms with Gasteiger partial charge in [0.05, 0.1) is 26.5 Å². The Balaban J connectivity index is 1.75. The second-order valence-corrected chi connectivity index (χ2v) is 6.54. The van der Waals surface area contributed by atoms with Crippen LogP contribution in [0.5, 0.6) is 11.5 Å². The maximum Gasteiger partial charge on any atom is 0.259 e. The summed E-state index contributed by atoms with van der Waals surface area (Å²) in [4.78, 5) is 17.2. The molecule has 0 bridgehead atoms. The van der Waals surface area contributed by atoms with Gasteiger partial charge in [-0.1, -0.05) is 30.3 Å². The molecule has 0 unspecified atom stereocenters. The molecule has 6 heteroatoms. The van der Waals surface area contributed by atoms with E-state index in [1.165, 1.54) is 19.8 Å². The van der Waals surface area contributed by atoms with Crippen LogP contribution in [0.3, 0.4) is 0 Å². The van der Waals surface area contributed by atoms with E-state index in [1.54, 1.807) is 29.5 Å². The molecule has 2 aromatic carbocycles. The van der Waals surface area contributed by atoms with Crippen LogP contribution in [0.2, 0.25) is 0 Å². The zero-order chi connectivity index (χ0) is 18.5. The first-order valence-electron chi connectivity index (χ1n) is 8.13. The first-order chi connectivity index (χ1) is 12.6. The van der Waals surface area contributed by atoms with Crippen LogP contribution >= 0.6 is 11.3 Å². The number of thiazole rings is 1. The topological polar surface area (TPSA) is 60.5 Å². The molecular weight excluding hydrogens is 348 g/mol. The molecular formula is C20H20N2O3S. The van der Waals surface area contributed by atoms with Gasteiger partial charge in [0.25, 0.3) is 5.91 Å². The summed E-state index contributed by atoms with van der Waals surface area (Å²) in [6, 6.07) is 13.4. The van der Waals surface area contributed by atoms with Crippen molar-refractivity contribution in [3.05, 3.63) is 64.7 Å². The molecule has 0 saturated carbocycles. The molecule has 1 heterocycles. The highest BCUT2D eigenvalue weighted by Gasteiger charge is 2.18. The molecule has 3 aromatic rings. The second-order valence-electron chi connectivity index (χ2n) is 5.68. The number of rotatable bonds is 6. The fourth-order valence-electron chi connectivity index (χ4n) is 2.66. The van der Waals surface area contributed by atoms with Gasteiger partial charge in [0.1, 0.15) is 22.1 Å². The lowest BCUT2D eigenvalue weighted by molar-refractivity contribution is 0.0944. The zero-order valence-electron chi connectivity index (χ0n) is 14.9. The van der Waals surface area contributed by atoms with Crippen molar-refractivity contribution in [2.45, 2.75) is 13.5 Å². The first-order valence-corrected chi connectivity index (χ1v) is 9.01. The summed E-state index contributed by atoms with van der Waals surface area (Å²) in [6.07, 6.45) is 0. The van der Waals surface area contributed by atoms with Crippen LogP contribution in [0.1, 0.15) is 21.6 Å². The van der Waals surface area contributed by atoms with E-state index in [1.807, 2.05) is 17.5 Å². The van der Waals surface area contributed by atoms with Crippen molar-refractivity contribution >= 4 is 17.2 Å². The van der Waals surface area contributed by atoms with E-state index in [4.69, 9.17) is 9.47 Å². The van der Waals surface area contributed by atoms with Crippen LogP contribution in [-0.2, 0) is 6.54 Å². The summed E-state index contributed by atoms with van der Waals surface area (Å²) < 4.78 is 10.6. The van der Waals surface area contributed by atoms with Crippen LogP contribution in [0.25, 0.3) is 10.6 Å². The van der Waals surface area contributed by atoms with E-state index in [2.05, 4.69) is 29.4 Å². The molecule has 0 aliphatic rings. The summed E-state index contributed by atoms with van der Waals surface area (Å²) in [5, 5.41) is 5.80. The quantitative estimate of drug-likeness (QED) is 0.713. The van der Waals surface area contributed by atoms with E-state index < -0.39 is 0 Å². The van der Waals surface area contributed by atoms with Gasteiger partial charge in [0, 0.05) is 10.9 Å². The standard InChI is InChI=1S/C20H20N2O3S/c1-13-7-4-5-8-15(13)20-22-14(12-26-20)11-21-19(23)18-16(24-2)9-6-10-17(18)25-3/h4-10,12H,11H2,1-3H3,(H,21,23). The van der Waals surface area contributed by atoms with Gasteiger partial charge in [0.15, 0.2) is 0 Å². The van der Waals surface area contributed by atoms with Crippen molar-refractivity contribution in [1.29, 1.82) is 0 Å². The number of amides is 1. The minimum absolute atomic E-state index is 0.259. The predicted molar refractivity (Wildman–Crippen MR) is 103 cm³/mol. The summed E-state index contributed by atoms with van der Waals surface area (Å²) in [5.74, 6) is 0.686. The highest BCUT2D eigenvalue weighted by atomic mass is 32.1. The minimum atomic E-state index is -0.259. The average molecular weight is 368 g/mol. The van der Waals surface area contributed by atoms with Crippen LogP contribution < -0.4 is 14.8 Å². The van der Waals surface area contributed by atoms with Crippen LogP contribution in [0.4, 0.5) is 0 Å². The van der Waals surface area contributed by atoms with Crippen molar-refractivity contribution in [2.75, 3.05) is 14.2 Å². The maximum absolute atomic E-state index is 12.6. The Bertz CT molecular complexity index is 899. The molecule has 26 heavy (non-hydrogen) atoms. The van der Waals surface area contributed by atoms with E-state index in [0.717, 1.165) is 16.3 Å². The number of hydrogen-bond donors (Lipinski definition) is 1. The lowest BCUT2D eigenvalue weighted by atomic mass is 10.1. The number of nitrogens with zero attached hydrogens (tertiary/aromatic N) is 1. The van der Waals surface area contributed by atoms with E-state index in [0.29, 0.717) is 23.6 Å². The van der Waals surface area contributed by atoms with Gasteiger partial charge in [-0.3, -0.25) is 4.79 Å². The Labute approximate surface area is 156 Å². The molecule has 0 aliphatic carbocycles. The molecule has 0 radical (unpaired) electrons. The predicted octanol–water partition coefficient (Wildman–Crippen LogP) is 4.07. The molecule has 0 fully saturated rings. The second kappa shape index (κ2) is 8.01. The molecule has 1 aromatic heterocycles. The third-order valence-corrected chi connectivity index (χ3v) is 4.94. The summed E-state index contributed by atoms with van der Waals surface area (Å²) in [5.41, 5.74) is 3.49. The van der Waals surface area contributed by atoms with Gasteiger partial charge in [-0.25, -0.2) is 4.98 Å². The van der Waals surface area contributed by atoms with Gasteiger partial charge < -0.3 is 14.8 Å². The Hall–Kier alpha value is -2.86. The number of carbonyl (C=O) groups excluding carboxylic acids is 1. The molecule has 134 valence electrons. The lowest BCUT2D eigenvalue weighted by Crippen LogP contribution is -2.24. The Kier molecular flexibility index (Phi) is 5.53. The number of benzene rings is 2. The molecule has 1 amide bonds. The number of ether oxygens (including phenoxy) is 2. The zero-order valence-corrected chi connectivity index (χ0v) is 15.7. The van der Waals surface area contributed by atoms with E-state index in [-0.39, 0.29) is 5.91 Å². The number of aryl methyl sites for hydroxylation is 1. The summed E-state index contributed by atoms with van der Waals surface area (Å²) >= 11 is 1.57. The third kappa shape index (κ3) is 3.70. The molecule has 3 rings (SSSR count). The van der Waals surface area contributed by atoms with Crippen molar-refractivity contribution in [2.24, 2.45) is 0 Å². The van der Waals surface area contributed by atoms with Crippen molar-refractivity contribution in [3.8, 4) is 22.1 Å². The van der Waals surface area contributed by atoms with E-state index >= 15 is 0 Å². The number of carbonyl (C=O) groups is 1. The first kappa shape index (κ1) is 17.9. The summed E-state index contributed by atoms with van der Waals surface area (Å²) in [6.45, 7) is 2.40. The van der Waals surface area contributed by atoms with Crippen molar-refractivity contribution in [1.82, 2.24) is 10.3 Å². The van der Waals surface area contributed by atoms with Gasteiger partial charge in [-0.2, -0.15) is 0 Å². The van der Waals surface area contributed by atoms with Gasteiger partial charge >= 0.3 is 0 Å². The monoisotopic (exact) mass is 368 g/mol. The number of hydrogen-bond acceptors (Lipinski definition) is 5. The molecule has 1 N–H and O–H groups in total. The molecule has 5 nitrogen and oxygen atoms in total. The van der Waals surface area contributed by atoms with Crippen LogP contribution in [0, 0.1) is 6.92 Å². The Morgan fingerprint density at radius 3 is 2.42 bits per heavy atom. The highest BCUT2D eigenvalue weighted by molar-refractivity contribution is 7.13. The Morgan fingerprint density at radius 2 is 1.77 bits per heavy atom. The minimum Gasteiger partial charge on any atom is -0.496 e. The lowest BCUT2D eigenvalue weighted by Gasteiger charge is -2.12. The number of aromatic nitrogens is 1. The highest BCUT2D eigenvalue weighted by Crippen LogP contribution is 2.29. The molecule has 0 saturated heterocycles. The van der Waals surface area contributed by atoms with Gasteiger partial charge in [-0.05, 0) is 24.6 Å². The van der Waals surface area contributed by atoms with Gasteiger partial charge in [-0.15, -0.1) is 11.3 Å². The van der Waals surface area contributed by atoms with Crippen molar-refractivity contribution in [3.63, 3.8) is 0 Å². The number of methoxy groups -OCH3 is 2. The van der Waals surface area contributed by atoms with E-state index in [9.17, 15) is 4.79 Å². The molecule has 0 spiro atoms. The summed E-state index contributed by atoms with van der Waals surface area (Å²) in [7, 11) is 3.06. The third-order valence-electron chi connectivity index (χ3n) is 4.01. The molecule has 0 atom stereocenters. The van der Waals surface area contributed by atoms with Crippen molar-refractivity contribution < 1.29 is 14.3 Å². The van der Waals surface area contributed by atoms with Gasteiger partial charge in [0.2, 0.25) is 0 Å². The maximum atomic E-state index is 12.6. The smallest absolute Gasteiger partial charge is 0.259 e. The Morgan fingerprint density at radius 1 is 1.08 bits per heavy atom. The average Bonchev–Trinajstić information content (AvgIpc) is 3.14. The van der Waals surface area contributed by atoms with Crippen LogP contribution in [0.15, 0.2) is 47.8 Å². The largest absolute Gasteiger partial charge is 0.496 e. The fraction of sp³-hybridized carbons (Fsp3) is 0.200. The SMILES string of the molecule is COc1cccc(OC)c1C(=O)NCc1csc(-c2ccccc2C)n1. The van der Waals surface area contributed by atoms with Crippen LogP contribution in [-0.4, -0.2) is 25.1 Å².